The summed E-state index contributed by atoms with van der Waals surface area (Å²) in [5.41, 5.74) is 2.19. The highest BCUT2D eigenvalue weighted by molar-refractivity contribution is 5.58. The van der Waals surface area contributed by atoms with Crippen molar-refractivity contribution in [3.05, 3.63) is 35.7 Å². The van der Waals surface area contributed by atoms with Gasteiger partial charge in [0.15, 0.2) is 0 Å². The molecule has 3 rings (SSSR count). The Morgan fingerprint density at radius 2 is 2.17 bits per heavy atom. The summed E-state index contributed by atoms with van der Waals surface area (Å²) in [7, 11) is 2.09. The van der Waals surface area contributed by atoms with Crippen molar-refractivity contribution in [2.45, 2.75) is 45.3 Å². The van der Waals surface area contributed by atoms with Crippen LogP contribution in [0, 0.1) is 6.92 Å². The van der Waals surface area contributed by atoms with Crippen molar-refractivity contribution in [2.24, 2.45) is 0 Å². The average molecular weight is 315 g/mol. The zero-order chi connectivity index (χ0) is 16.1. The lowest BCUT2D eigenvalue weighted by Gasteiger charge is -2.15. The van der Waals surface area contributed by atoms with Gasteiger partial charge in [0, 0.05) is 12.2 Å². The van der Waals surface area contributed by atoms with E-state index in [1.165, 1.54) is 12.8 Å². The van der Waals surface area contributed by atoms with Gasteiger partial charge in [-0.25, -0.2) is 0 Å². The smallest absolute Gasteiger partial charge is 0.241 e. The first-order chi connectivity index (χ1) is 11.2. The van der Waals surface area contributed by atoms with E-state index in [-0.39, 0.29) is 0 Å². The summed E-state index contributed by atoms with van der Waals surface area (Å²) >= 11 is 0. The van der Waals surface area contributed by atoms with Crippen LogP contribution in [0.1, 0.15) is 37.1 Å². The van der Waals surface area contributed by atoms with Crippen LogP contribution in [0.25, 0.3) is 11.4 Å². The van der Waals surface area contributed by atoms with Crippen LogP contribution in [-0.4, -0.2) is 41.3 Å². The van der Waals surface area contributed by atoms with Crippen LogP contribution in [0.5, 0.6) is 0 Å². The fourth-order valence-electron chi connectivity index (χ4n) is 3.02. The van der Waals surface area contributed by atoms with Crippen LogP contribution in [0.3, 0.4) is 0 Å². The molecule has 1 aliphatic rings. The summed E-state index contributed by atoms with van der Waals surface area (Å²) in [6, 6.07) is 8.09. The molecule has 0 saturated carbocycles. The van der Waals surface area contributed by atoms with Crippen LogP contribution in [0.4, 0.5) is 0 Å². The number of rotatable bonds is 7. The van der Waals surface area contributed by atoms with E-state index in [1.807, 2.05) is 18.2 Å². The fraction of sp³-hybridized carbons (Fsp3) is 0.556. The highest BCUT2D eigenvalue weighted by Gasteiger charge is 2.16. The van der Waals surface area contributed by atoms with E-state index >= 15 is 0 Å². The predicted octanol–water partition coefficient (Wildman–Crippen LogP) is 3.44. The van der Waals surface area contributed by atoms with E-state index in [9.17, 15) is 0 Å². The summed E-state index contributed by atoms with van der Waals surface area (Å²) in [6.45, 7) is 4.69. The van der Waals surface area contributed by atoms with E-state index in [2.05, 4.69) is 35.1 Å². The van der Waals surface area contributed by atoms with Crippen molar-refractivity contribution in [3.63, 3.8) is 0 Å². The SMILES string of the molecule is Cc1ccccc1-c1noc(CN(C)CCC[C@H]2CCCO2)n1. The lowest BCUT2D eigenvalue weighted by atomic mass is 10.1. The summed E-state index contributed by atoms with van der Waals surface area (Å²) in [6.07, 6.45) is 5.18. The molecule has 0 aliphatic carbocycles. The van der Waals surface area contributed by atoms with E-state index in [1.54, 1.807) is 0 Å². The van der Waals surface area contributed by atoms with Crippen LogP contribution in [0.15, 0.2) is 28.8 Å². The van der Waals surface area contributed by atoms with Crippen LogP contribution in [0.2, 0.25) is 0 Å². The first-order valence-corrected chi connectivity index (χ1v) is 8.41. The third-order valence-corrected chi connectivity index (χ3v) is 4.35. The monoisotopic (exact) mass is 315 g/mol. The number of benzene rings is 1. The fourth-order valence-corrected chi connectivity index (χ4v) is 3.02. The molecule has 5 heteroatoms. The van der Waals surface area contributed by atoms with Crippen molar-refractivity contribution in [1.82, 2.24) is 15.0 Å². The van der Waals surface area contributed by atoms with Crippen LogP contribution in [-0.2, 0) is 11.3 Å². The van der Waals surface area contributed by atoms with Gasteiger partial charge in [0.1, 0.15) is 0 Å². The van der Waals surface area contributed by atoms with Gasteiger partial charge in [-0.05, 0) is 51.8 Å². The number of ether oxygens (including phenoxy) is 1. The van der Waals surface area contributed by atoms with Gasteiger partial charge in [0.25, 0.3) is 0 Å². The maximum absolute atomic E-state index is 5.66. The Hall–Kier alpha value is -1.72. The van der Waals surface area contributed by atoms with Gasteiger partial charge in [0.05, 0.1) is 12.6 Å². The summed E-state index contributed by atoms with van der Waals surface area (Å²) in [5.74, 6) is 1.34. The second-order valence-corrected chi connectivity index (χ2v) is 6.34. The molecular weight excluding hydrogens is 290 g/mol. The molecule has 0 radical (unpaired) electrons. The normalized spacial score (nSPS) is 18.0. The Balaban J connectivity index is 1.49. The molecule has 2 heterocycles. The topological polar surface area (TPSA) is 51.4 Å². The van der Waals surface area contributed by atoms with E-state index in [4.69, 9.17) is 9.26 Å². The summed E-state index contributed by atoms with van der Waals surface area (Å²) < 4.78 is 11.1. The molecule has 1 saturated heterocycles. The molecule has 0 amide bonds. The molecule has 124 valence electrons. The molecule has 0 spiro atoms. The molecule has 0 N–H and O–H groups in total. The van der Waals surface area contributed by atoms with Crippen molar-refractivity contribution in [3.8, 4) is 11.4 Å². The highest BCUT2D eigenvalue weighted by atomic mass is 16.5. The molecule has 1 aromatic carbocycles. The third kappa shape index (κ3) is 4.39. The Bertz CT molecular complexity index is 620. The minimum Gasteiger partial charge on any atom is -0.378 e. The number of aryl methyl sites for hydroxylation is 1. The molecule has 2 aromatic rings. The van der Waals surface area contributed by atoms with Crippen molar-refractivity contribution in [2.75, 3.05) is 20.2 Å². The number of aromatic nitrogens is 2. The average Bonchev–Trinajstić information content (AvgIpc) is 3.20. The molecule has 0 bridgehead atoms. The Kier molecular flexibility index (Phi) is 5.41. The van der Waals surface area contributed by atoms with E-state index < -0.39 is 0 Å². The zero-order valence-electron chi connectivity index (χ0n) is 14.0. The molecule has 1 aliphatic heterocycles. The van der Waals surface area contributed by atoms with Crippen molar-refractivity contribution < 1.29 is 9.26 Å². The third-order valence-electron chi connectivity index (χ3n) is 4.35. The van der Waals surface area contributed by atoms with Crippen molar-refractivity contribution in [1.29, 1.82) is 0 Å². The Morgan fingerprint density at radius 1 is 1.30 bits per heavy atom. The molecule has 5 nitrogen and oxygen atoms in total. The Labute approximate surface area is 137 Å². The van der Waals surface area contributed by atoms with Gasteiger partial charge in [-0.1, -0.05) is 29.4 Å². The maximum Gasteiger partial charge on any atom is 0.241 e. The van der Waals surface area contributed by atoms with Gasteiger partial charge in [-0.15, -0.1) is 0 Å². The minimum atomic E-state index is 0.472. The first kappa shape index (κ1) is 16.1. The van der Waals surface area contributed by atoms with Crippen molar-refractivity contribution >= 4 is 0 Å². The molecule has 0 unspecified atom stereocenters. The largest absolute Gasteiger partial charge is 0.378 e. The van der Waals surface area contributed by atoms with Crippen LogP contribution >= 0.6 is 0 Å². The van der Waals surface area contributed by atoms with E-state index in [0.717, 1.165) is 37.1 Å². The molecule has 1 fully saturated rings. The minimum absolute atomic E-state index is 0.472. The molecule has 1 atom stereocenters. The Morgan fingerprint density at radius 3 is 2.96 bits per heavy atom. The van der Waals surface area contributed by atoms with Crippen LogP contribution < -0.4 is 0 Å². The molecule has 23 heavy (non-hydrogen) atoms. The summed E-state index contributed by atoms with van der Waals surface area (Å²) in [4.78, 5) is 6.75. The van der Waals surface area contributed by atoms with Gasteiger partial charge >= 0.3 is 0 Å². The summed E-state index contributed by atoms with van der Waals surface area (Å²) in [5, 5.41) is 4.11. The highest BCUT2D eigenvalue weighted by Crippen LogP contribution is 2.20. The van der Waals surface area contributed by atoms with Gasteiger partial charge in [0.2, 0.25) is 11.7 Å². The maximum atomic E-state index is 5.66. The number of nitrogens with zero attached hydrogens (tertiary/aromatic N) is 3. The lowest BCUT2D eigenvalue weighted by molar-refractivity contribution is 0.0991. The standard InChI is InChI=1S/C18H25N3O2/c1-14-7-3-4-10-16(14)18-19-17(23-20-18)13-21(2)11-5-8-15-9-6-12-22-15/h3-4,7,10,15H,5-6,8-9,11-13H2,1-2H3/t15-/m0/s1. The quantitative estimate of drug-likeness (QED) is 0.783. The number of hydrogen-bond acceptors (Lipinski definition) is 5. The van der Waals surface area contributed by atoms with Gasteiger partial charge in [-0.3, -0.25) is 4.90 Å². The second kappa shape index (κ2) is 7.70. The van der Waals surface area contributed by atoms with Gasteiger partial charge in [-0.2, -0.15) is 4.98 Å². The second-order valence-electron chi connectivity index (χ2n) is 6.34. The molecule has 1 aromatic heterocycles. The number of hydrogen-bond donors (Lipinski definition) is 0. The van der Waals surface area contributed by atoms with E-state index in [0.29, 0.717) is 24.4 Å². The van der Waals surface area contributed by atoms with Gasteiger partial charge < -0.3 is 9.26 Å². The predicted molar refractivity (Wildman–Crippen MR) is 89.0 cm³/mol. The molecular formula is C18H25N3O2. The zero-order valence-corrected chi connectivity index (χ0v) is 14.0. The lowest BCUT2D eigenvalue weighted by Crippen LogP contribution is -2.20. The first-order valence-electron chi connectivity index (χ1n) is 8.41.